The van der Waals surface area contributed by atoms with Crippen LogP contribution in [-0.4, -0.2) is 18.0 Å². The average Bonchev–Trinajstić information content (AvgIpc) is 3.08. The predicted octanol–water partition coefficient (Wildman–Crippen LogP) is 5.39. The van der Waals surface area contributed by atoms with Gasteiger partial charge in [0.2, 0.25) is 5.79 Å². The molecule has 3 heteroatoms. The third kappa shape index (κ3) is 2.45. The number of phenolic OH excluding ortho intramolecular Hbond substituents is 1. The highest BCUT2D eigenvalue weighted by atomic mass is 16.7. The summed E-state index contributed by atoms with van der Waals surface area (Å²) in [5.41, 5.74) is 5.00. The van der Waals surface area contributed by atoms with Crippen molar-refractivity contribution in [1.29, 1.82) is 0 Å². The lowest BCUT2D eigenvalue weighted by atomic mass is 9.72. The van der Waals surface area contributed by atoms with E-state index in [1.165, 1.54) is 42.4 Å². The number of ether oxygens (including phenoxy) is 2. The molecule has 0 aromatic heterocycles. The molecule has 4 rings (SSSR count). The first-order chi connectivity index (χ1) is 11.5. The fourth-order valence-corrected chi connectivity index (χ4v) is 4.99. The van der Waals surface area contributed by atoms with E-state index in [1.54, 1.807) is 7.11 Å². The Hall–Kier alpha value is -1.48. The topological polar surface area (TPSA) is 38.7 Å². The zero-order valence-electron chi connectivity index (χ0n) is 15.0. The van der Waals surface area contributed by atoms with Gasteiger partial charge in [0.1, 0.15) is 11.5 Å². The summed E-state index contributed by atoms with van der Waals surface area (Å²) in [6.45, 7) is 4.35. The van der Waals surface area contributed by atoms with Gasteiger partial charge in [-0.25, -0.2) is 0 Å². The molecule has 3 nitrogen and oxygen atoms in total. The molecule has 0 spiro atoms. The summed E-state index contributed by atoms with van der Waals surface area (Å²) in [5.74, 6) is 1.49. The Bertz CT molecular complexity index is 681. The molecule has 1 N–H and O–H groups in total. The maximum absolute atomic E-state index is 10.8. The molecule has 1 aromatic rings. The van der Waals surface area contributed by atoms with Crippen molar-refractivity contribution < 1.29 is 14.6 Å². The molecule has 2 bridgehead atoms. The molecular formula is C21H28O3. The highest BCUT2D eigenvalue weighted by Gasteiger charge is 2.47. The van der Waals surface area contributed by atoms with Crippen molar-refractivity contribution in [2.45, 2.75) is 76.4 Å². The van der Waals surface area contributed by atoms with E-state index >= 15 is 0 Å². The van der Waals surface area contributed by atoms with Crippen molar-refractivity contribution in [3.05, 3.63) is 34.4 Å². The summed E-state index contributed by atoms with van der Waals surface area (Å²) in [4.78, 5) is 0. The first-order valence-electron chi connectivity index (χ1n) is 9.30. The van der Waals surface area contributed by atoms with E-state index in [1.807, 2.05) is 6.07 Å². The average molecular weight is 328 g/mol. The van der Waals surface area contributed by atoms with Gasteiger partial charge < -0.3 is 14.6 Å². The molecule has 0 saturated heterocycles. The number of fused-ring (bicyclic) bond motifs is 4. The van der Waals surface area contributed by atoms with Gasteiger partial charge in [0.25, 0.3) is 0 Å². The van der Waals surface area contributed by atoms with Crippen LogP contribution in [0.1, 0.15) is 81.8 Å². The van der Waals surface area contributed by atoms with E-state index in [-0.39, 0.29) is 5.92 Å². The second kappa shape index (κ2) is 5.80. The third-order valence-electron chi connectivity index (χ3n) is 6.34. The predicted molar refractivity (Wildman–Crippen MR) is 94.6 cm³/mol. The molecule has 2 fully saturated rings. The van der Waals surface area contributed by atoms with Crippen LogP contribution in [0, 0.1) is 0 Å². The molecule has 0 amide bonds. The molecule has 1 heterocycles. The van der Waals surface area contributed by atoms with Crippen molar-refractivity contribution in [1.82, 2.24) is 0 Å². The quantitative estimate of drug-likeness (QED) is 0.740. The normalized spacial score (nSPS) is 29.3. The zero-order chi connectivity index (χ0) is 16.9. The number of hydrogen-bond acceptors (Lipinski definition) is 3. The number of allylic oxidation sites excluding steroid dienone is 2. The Kier molecular flexibility index (Phi) is 3.87. The maximum atomic E-state index is 10.8. The van der Waals surface area contributed by atoms with Gasteiger partial charge in [0.05, 0.1) is 0 Å². The van der Waals surface area contributed by atoms with Gasteiger partial charge in [-0.1, -0.05) is 24.0 Å². The molecular weight excluding hydrogens is 300 g/mol. The van der Waals surface area contributed by atoms with E-state index < -0.39 is 5.79 Å². The number of phenols is 1. The molecule has 2 aliphatic carbocycles. The number of aromatic hydroxyl groups is 1. The van der Waals surface area contributed by atoms with Crippen LogP contribution in [0.15, 0.2) is 23.3 Å². The summed E-state index contributed by atoms with van der Waals surface area (Å²) in [6.07, 6.45) is 7.67. The molecule has 130 valence electrons. The van der Waals surface area contributed by atoms with Crippen LogP contribution < -0.4 is 4.74 Å². The zero-order valence-corrected chi connectivity index (χ0v) is 15.0. The fourth-order valence-electron chi connectivity index (χ4n) is 4.99. The van der Waals surface area contributed by atoms with Crippen LogP contribution in [0.2, 0.25) is 0 Å². The van der Waals surface area contributed by atoms with Gasteiger partial charge in [-0.3, -0.25) is 0 Å². The molecule has 1 aromatic carbocycles. The number of rotatable bonds is 2. The van der Waals surface area contributed by atoms with Crippen LogP contribution in [0.5, 0.6) is 11.5 Å². The van der Waals surface area contributed by atoms with Gasteiger partial charge in [-0.2, -0.15) is 0 Å². The maximum Gasteiger partial charge on any atom is 0.211 e. The number of methoxy groups -OCH3 is 1. The minimum atomic E-state index is -0.530. The lowest BCUT2D eigenvalue weighted by Crippen LogP contribution is -2.46. The molecule has 0 radical (unpaired) electrons. The van der Waals surface area contributed by atoms with E-state index in [2.05, 4.69) is 19.9 Å². The minimum absolute atomic E-state index is 0.213. The van der Waals surface area contributed by atoms with Gasteiger partial charge in [0.15, 0.2) is 0 Å². The number of benzene rings is 1. The first kappa shape index (κ1) is 16.0. The molecule has 24 heavy (non-hydrogen) atoms. The van der Waals surface area contributed by atoms with Crippen molar-refractivity contribution in [2.24, 2.45) is 0 Å². The van der Waals surface area contributed by atoms with Gasteiger partial charge in [0, 0.05) is 31.4 Å². The van der Waals surface area contributed by atoms with E-state index in [9.17, 15) is 5.11 Å². The van der Waals surface area contributed by atoms with Crippen LogP contribution in [0.4, 0.5) is 0 Å². The monoisotopic (exact) mass is 328 g/mol. The van der Waals surface area contributed by atoms with Crippen molar-refractivity contribution in [3.63, 3.8) is 0 Å². The van der Waals surface area contributed by atoms with E-state index in [4.69, 9.17) is 9.47 Å². The first-order valence-corrected chi connectivity index (χ1v) is 9.30. The summed E-state index contributed by atoms with van der Waals surface area (Å²) in [6, 6.07) is 4.17. The Labute approximate surface area is 144 Å². The van der Waals surface area contributed by atoms with Crippen molar-refractivity contribution >= 4 is 0 Å². The van der Waals surface area contributed by atoms with Crippen molar-refractivity contribution in [2.75, 3.05) is 7.11 Å². The summed E-state index contributed by atoms with van der Waals surface area (Å²) >= 11 is 0. The second-order valence-electron chi connectivity index (χ2n) is 7.93. The summed E-state index contributed by atoms with van der Waals surface area (Å²) in [7, 11) is 1.75. The molecule has 2 unspecified atom stereocenters. The third-order valence-corrected chi connectivity index (χ3v) is 6.34. The van der Waals surface area contributed by atoms with Gasteiger partial charge in [-0.05, 0) is 56.7 Å². The smallest absolute Gasteiger partial charge is 0.211 e. The van der Waals surface area contributed by atoms with E-state index in [0.717, 1.165) is 30.6 Å². The van der Waals surface area contributed by atoms with Crippen LogP contribution in [0.3, 0.4) is 0 Å². The Balaban J connectivity index is 1.83. The van der Waals surface area contributed by atoms with Crippen molar-refractivity contribution in [3.8, 4) is 11.5 Å². The lowest BCUT2D eigenvalue weighted by Gasteiger charge is -2.46. The highest BCUT2D eigenvalue weighted by Crippen LogP contribution is 2.55. The van der Waals surface area contributed by atoms with E-state index in [0.29, 0.717) is 11.7 Å². The minimum Gasteiger partial charge on any atom is -0.507 e. The largest absolute Gasteiger partial charge is 0.507 e. The van der Waals surface area contributed by atoms with Crippen LogP contribution in [0.25, 0.3) is 0 Å². The van der Waals surface area contributed by atoms with Gasteiger partial charge >= 0.3 is 0 Å². The lowest BCUT2D eigenvalue weighted by molar-refractivity contribution is -0.189. The second-order valence-corrected chi connectivity index (χ2v) is 7.93. The molecule has 2 saturated carbocycles. The Morgan fingerprint density at radius 3 is 2.67 bits per heavy atom. The van der Waals surface area contributed by atoms with Crippen LogP contribution >= 0.6 is 0 Å². The Morgan fingerprint density at radius 2 is 2.00 bits per heavy atom. The molecule has 2 atom stereocenters. The SMILES string of the molecule is COC12CCC(=C(C)C)C(C1)c1c(O)cc(C3CCCC3)cc1O2. The molecule has 3 aliphatic rings. The standard InChI is InChI=1S/C21H28O3/c1-13(2)16-8-9-21(23-3)12-17(16)20-18(22)10-15(11-19(20)24-21)14-6-4-5-7-14/h10-11,14,17,22H,4-9,12H2,1-3H3. The molecule has 1 aliphatic heterocycles. The summed E-state index contributed by atoms with van der Waals surface area (Å²) in [5, 5.41) is 10.8. The number of hydrogen-bond donors (Lipinski definition) is 1. The Morgan fingerprint density at radius 1 is 1.25 bits per heavy atom. The summed E-state index contributed by atoms with van der Waals surface area (Å²) < 4.78 is 12.2. The van der Waals surface area contributed by atoms with Gasteiger partial charge in [-0.15, -0.1) is 0 Å². The highest BCUT2D eigenvalue weighted by molar-refractivity contribution is 5.55. The van der Waals surface area contributed by atoms with Crippen LogP contribution in [-0.2, 0) is 4.74 Å². The fraction of sp³-hybridized carbons (Fsp3) is 0.619.